The highest BCUT2D eigenvalue weighted by atomic mass is 32.2. The fourth-order valence-electron chi connectivity index (χ4n) is 4.76. The van der Waals surface area contributed by atoms with E-state index in [0.717, 1.165) is 44.9 Å². The number of rotatable bonds is 3. The SMILES string of the molecule is CS(=O)(=O)N1CCc2c(nc([C@H]3CCCCN3C(=O)C3CCCC3)[nH]c2=O)C1. The van der Waals surface area contributed by atoms with Gasteiger partial charge in [-0.2, -0.15) is 4.31 Å². The second kappa shape index (κ2) is 7.59. The molecule has 1 aliphatic carbocycles. The standard InChI is InChI=1S/C19H28N4O4S/c1-28(26,27)22-11-9-14-15(12-22)20-17(21-18(14)24)16-8-4-5-10-23(16)19(25)13-6-2-3-7-13/h13,16H,2-12H2,1H3,(H,20,21,24)/t16-/m1/s1. The number of amides is 1. The molecular formula is C19H28N4O4S. The van der Waals surface area contributed by atoms with Crippen LogP contribution in [0.2, 0.25) is 0 Å². The van der Waals surface area contributed by atoms with Gasteiger partial charge in [-0.3, -0.25) is 9.59 Å². The Hall–Kier alpha value is -1.74. The molecule has 0 radical (unpaired) electrons. The average Bonchev–Trinajstić information content (AvgIpc) is 3.21. The van der Waals surface area contributed by atoms with Crippen LogP contribution in [0.1, 0.15) is 68.1 Å². The largest absolute Gasteiger partial charge is 0.332 e. The van der Waals surface area contributed by atoms with Gasteiger partial charge in [0, 0.05) is 24.6 Å². The van der Waals surface area contributed by atoms with Crippen LogP contribution in [0.15, 0.2) is 4.79 Å². The zero-order valence-electron chi connectivity index (χ0n) is 16.3. The van der Waals surface area contributed by atoms with E-state index in [1.165, 1.54) is 10.6 Å². The van der Waals surface area contributed by atoms with Gasteiger partial charge in [-0.15, -0.1) is 0 Å². The first-order valence-corrected chi connectivity index (χ1v) is 12.1. The molecule has 9 heteroatoms. The molecule has 28 heavy (non-hydrogen) atoms. The number of aromatic amines is 1. The first kappa shape index (κ1) is 19.6. The molecule has 1 amide bonds. The van der Waals surface area contributed by atoms with Crippen LogP contribution in [-0.2, 0) is 27.8 Å². The molecular weight excluding hydrogens is 380 g/mol. The van der Waals surface area contributed by atoms with Gasteiger partial charge in [0.2, 0.25) is 15.9 Å². The Morgan fingerprint density at radius 3 is 2.54 bits per heavy atom. The van der Waals surface area contributed by atoms with E-state index in [4.69, 9.17) is 0 Å². The van der Waals surface area contributed by atoms with Crippen molar-refractivity contribution < 1.29 is 13.2 Å². The lowest BCUT2D eigenvalue weighted by molar-refractivity contribution is -0.139. The lowest BCUT2D eigenvalue weighted by Crippen LogP contribution is -2.44. The molecule has 2 fully saturated rings. The van der Waals surface area contributed by atoms with Crippen LogP contribution in [-0.4, -0.2) is 52.8 Å². The van der Waals surface area contributed by atoms with Crippen LogP contribution >= 0.6 is 0 Å². The second-order valence-electron chi connectivity index (χ2n) is 8.25. The quantitative estimate of drug-likeness (QED) is 0.813. The van der Waals surface area contributed by atoms with Gasteiger partial charge in [0.05, 0.1) is 24.5 Å². The Balaban J connectivity index is 1.65. The fraction of sp³-hybridized carbons (Fsp3) is 0.737. The molecule has 1 saturated heterocycles. The van der Waals surface area contributed by atoms with Crippen molar-refractivity contribution in [2.24, 2.45) is 5.92 Å². The predicted molar refractivity (Wildman–Crippen MR) is 104 cm³/mol. The van der Waals surface area contributed by atoms with E-state index >= 15 is 0 Å². The van der Waals surface area contributed by atoms with Crippen LogP contribution < -0.4 is 5.56 Å². The third kappa shape index (κ3) is 3.74. The van der Waals surface area contributed by atoms with Crippen molar-refractivity contribution in [2.75, 3.05) is 19.3 Å². The highest BCUT2D eigenvalue weighted by Gasteiger charge is 2.36. The Morgan fingerprint density at radius 1 is 1.11 bits per heavy atom. The summed E-state index contributed by atoms with van der Waals surface area (Å²) < 4.78 is 25.2. The molecule has 0 unspecified atom stereocenters. The predicted octanol–water partition coefficient (Wildman–Crippen LogP) is 1.33. The molecule has 1 N–H and O–H groups in total. The maximum atomic E-state index is 13.1. The summed E-state index contributed by atoms with van der Waals surface area (Å²) in [5.74, 6) is 0.774. The summed E-state index contributed by atoms with van der Waals surface area (Å²) in [6.45, 7) is 1.11. The number of aromatic nitrogens is 2. The van der Waals surface area contributed by atoms with Crippen LogP contribution in [0.5, 0.6) is 0 Å². The van der Waals surface area contributed by atoms with Crippen molar-refractivity contribution >= 4 is 15.9 Å². The number of nitrogens with one attached hydrogen (secondary N) is 1. The molecule has 2 aliphatic heterocycles. The summed E-state index contributed by atoms with van der Waals surface area (Å²) >= 11 is 0. The number of hydrogen-bond acceptors (Lipinski definition) is 5. The summed E-state index contributed by atoms with van der Waals surface area (Å²) in [7, 11) is -3.34. The molecule has 154 valence electrons. The number of sulfonamides is 1. The topological polar surface area (TPSA) is 103 Å². The molecule has 4 rings (SSSR count). The summed E-state index contributed by atoms with van der Waals surface area (Å²) in [6.07, 6.45) is 8.35. The Morgan fingerprint density at radius 2 is 1.82 bits per heavy atom. The van der Waals surface area contributed by atoms with Crippen molar-refractivity contribution in [3.8, 4) is 0 Å². The van der Waals surface area contributed by atoms with E-state index in [9.17, 15) is 18.0 Å². The first-order chi connectivity index (χ1) is 13.3. The van der Waals surface area contributed by atoms with Crippen molar-refractivity contribution in [1.29, 1.82) is 0 Å². The Kier molecular flexibility index (Phi) is 5.30. The molecule has 1 aromatic rings. The molecule has 1 aromatic heterocycles. The molecule has 0 bridgehead atoms. The van der Waals surface area contributed by atoms with Gasteiger partial charge in [-0.25, -0.2) is 13.4 Å². The van der Waals surface area contributed by atoms with E-state index in [1.807, 2.05) is 4.90 Å². The van der Waals surface area contributed by atoms with Crippen molar-refractivity contribution in [3.05, 3.63) is 27.4 Å². The summed E-state index contributed by atoms with van der Waals surface area (Å²) in [5.41, 5.74) is 0.884. The van der Waals surface area contributed by atoms with Gasteiger partial charge in [0.1, 0.15) is 5.82 Å². The molecule has 1 atom stereocenters. The average molecular weight is 409 g/mol. The zero-order valence-corrected chi connectivity index (χ0v) is 17.1. The van der Waals surface area contributed by atoms with Crippen LogP contribution in [0.25, 0.3) is 0 Å². The van der Waals surface area contributed by atoms with E-state index in [2.05, 4.69) is 9.97 Å². The van der Waals surface area contributed by atoms with Gasteiger partial charge >= 0.3 is 0 Å². The van der Waals surface area contributed by atoms with Gasteiger partial charge in [0.15, 0.2) is 0 Å². The fourth-order valence-corrected chi connectivity index (χ4v) is 5.54. The number of carbonyl (C=O) groups excluding carboxylic acids is 1. The molecule has 3 aliphatic rings. The van der Waals surface area contributed by atoms with E-state index in [-0.39, 0.29) is 30.0 Å². The monoisotopic (exact) mass is 408 g/mol. The Labute approximate surface area is 165 Å². The highest BCUT2D eigenvalue weighted by molar-refractivity contribution is 7.88. The number of hydrogen-bond donors (Lipinski definition) is 1. The number of likely N-dealkylation sites (tertiary alicyclic amines) is 1. The summed E-state index contributed by atoms with van der Waals surface area (Å²) in [4.78, 5) is 35.2. The first-order valence-electron chi connectivity index (χ1n) is 10.2. The van der Waals surface area contributed by atoms with Gasteiger partial charge in [-0.05, 0) is 38.5 Å². The molecule has 0 spiro atoms. The lowest BCUT2D eigenvalue weighted by atomic mass is 9.97. The van der Waals surface area contributed by atoms with Crippen LogP contribution in [0, 0.1) is 5.92 Å². The number of carbonyl (C=O) groups is 1. The minimum Gasteiger partial charge on any atom is -0.332 e. The number of nitrogens with zero attached hydrogens (tertiary/aromatic N) is 3. The number of piperidine rings is 1. The minimum atomic E-state index is -3.34. The second-order valence-corrected chi connectivity index (χ2v) is 10.2. The zero-order chi connectivity index (χ0) is 19.9. The van der Waals surface area contributed by atoms with E-state index < -0.39 is 10.0 Å². The number of H-pyrrole nitrogens is 1. The molecule has 1 saturated carbocycles. The molecule has 8 nitrogen and oxygen atoms in total. The Bertz CT molecular complexity index is 920. The lowest BCUT2D eigenvalue weighted by Gasteiger charge is -2.37. The van der Waals surface area contributed by atoms with Crippen molar-refractivity contribution in [2.45, 2.75) is 64.0 Å². The highest BCUT2D eigenvalue weighted by Crippen LogP contribution is 2.34. The van der Waals surface area contributed by atoms with E-state index in [1.54, 1.807) is 0 Å². The van der Waals surface area contributed by atoms with Crippen LogP contribution in [0.4, 0.5) is 0 Å². The maximum absolute atomic E-state index is 13.1. The van der Waals surface area contributed by atoms with Crippen molar-refractivity contribution in [1.82, 2.24) is 19.2 Å². The van der Waals surface area contributed by atoms with Crippen LogP contribution in [0.3, 0.4) is 0 Å². The van der Waals surface area contributed by atoms with Gasteiger partial charge in [-0.1, -0.05) is 12.8 Å². The third-order valence-electron chi connectivity index (χ3n) is 6.33. The van der Waals surface area contributed by atoms with Gasteiger partial charge < -0.3 is 9.88 Å². The van der Waals surface area contributed by atoms with Crippen molar-refractivity contribution in [3.63, 3.8) is 0 Å². The summed E-state index contributed by atoms with van der Waals surface area (Å²) in [6, 6.07) is -0.228. The number of fused-ring (bicyclic) bond motifs is 1. The molecule has 3 heterocycles. The molecule has 0 aromatic carbocycles. The normalized spacial score (nSPS) is 24.3. The van der Waals surface area contributed by atoms with E-state index in [0.29, 0.717) is 36.6 Å². The third-order valence-corrected chi connectivity index (χ3v) is 7.58. The maximum Gasteiger partial charge on any atom is 0.254 e. The van der Waals surface area contributed by atoms with Gasteiger partial charge in [0.25, 0.3) is 5.56 Å². The summed E-state index contributed by atoms with van der Waals surface area (Å²) in [5, 5.41) is 0. The smallest absolute Gasteiger partial charge is 0.254 e. The minimum absolute atomic E-state index is 0.0886.